The van der Waals surface area contributed by atoms with E-state index in [4.69, 9.17) is 23.2 Å². The van der Waals surface area contributed by atoms with E-state index in [1.165, 1.54) is 16.0 Å². The van der Waals surface area contributed by atoms with Gasteiger partial charge in [-0.15, -0.1) is 0 Å². The second-order valence-electron chi connectivity index (χ2n) is 6.98. The number of fused-ring (bicyclic) bond motifs is 1. The molecule has 4 aromatic rings. The molecule has 152 valence electrons. The number of anilines is 2. The molecule has 0 amide bonds. The fraction of sp³-hybridized carbons (Fsp3) is 0.190. The number of aromatic nitrogens is 3. The maximum atomic E-state index is 12.9. The number of rotatable bonds is 3. The molecule has 2 aromatic heterocycles. The van der Waals surface area contributed by atoms with Crippen LogP contribution in [0.1, 0.15) is 0 Å². The van der Waals surface area contributed by atoms with Crippen LogP contribution in [0.4, 0.5) is 11.4 Å². The van der Waals surface area contributed by atoms with E-state index in [0.717, 1.165) is 47.1 Å². The summed E-state index contributed by atoms with van der Waals surface area (Å²) in [5.41, 5.74) is 2.23. The average Bonchev–Trinajstić information content (AvgIpc) is 3.20. The van der Waals surface area contributed by atoms with Crippen LogP contribution in [0.5, 0.6) is 0 Å². The zero-order valence-corrected chi connectivity index (χ0v) is 18.2. The normalized spacial score (nSPS) is 14.5. The summed E-state index contributed by atoms with van der Waals surface area (Å²) in [7, 11) is 0. The van der Waals surface area contributed by atoms with Crippen LogP contribution in [0.15, 0.2) is 59.5 Å². The summed E-state index contributed by atoms with van der Waals surface area (Å²) in [4.78, 5) is 21.8. The van der Waals surface area contributed by atoms with E-state index in [1.54, 1.807) is 6.20 Å². The van der Waals surface area contributed by atoms with Crippen molar-refractivity contribution < 1.29 is 0 Å². The lowest BCUT2D eigenvalue weighted by molar-refractivity contribution is 0.649. The van der Waals surface area contributed by atoms with Crippen LogP contribution < -0.4 is 15.4 Å². The Morgan fingerprint density at radius 1 is 0.933 bits per heavy atom. The first-order valence-corrected chi connectivity index (χ1v) is 11.1. The van der Waals surface area contributed by atoms with Gasteiger partial charge in [0.1, 0.15) is 5.02 Å². The van der Waals surface area contributed by atoms with Crippen molar-refractivity contribution in [2.75, 3.05) is 36.0 Å². The van der Waals surface area contributed by atoms with Gasteiger partial charge >= 0.3 is 0 Å². The van der Waals surface area contributed by atoms with Crippen LogP contribution in [0.3, 0.4) is 0 Å². The minimum Gasteiger partial charge on any atom is -0.368 e. The van der Waals surface area contributed by atoms with E-state index in [1.807, 2.05) is 42.5 Å². The molecule has 6 nitrogen and oxygen atoms in total. The molecule has 0 atom stereocenters. The number of nitrogens with zero attached hydrogens (tertiary/aromatic N) is 5. The summed E-state index contributed by atoms with van der Waals surface area (Å²) < 4.78 is 2.28. The smallest absolute Gasteiger partial charge is 0.294 e. The number of hydrogen-bond acceptors (Lipinski definition) is 6. The second kappa shape index (κ2) is 7.91. The Hall–Kier alpha value is -2.61. The van der Waals surface area contributed by atoms with Crippen molar-refractivity contribution >= 4 is 56.1 Å². The number of halogens is 2. The lowest BCUT2D eigenvalue weighted by atomic mass is 10.2. The molecule has 9 heteroatoms. The summed E-state index contributed by atoms with van der Waals surface area (Å²) in [6.45, 7) is 3.08. The van der Waals surface area contributed by atoms with Gasteiger partial charge in [0.05, 0.1) is 22.1 Å². The first-order chi connectivity index (χ1) is 14.6. The molecule has 30 heavy (non-hydrogen) atoms. The molecule has 0 bridgehead atoms. The second-order valence-corrected chi connectivity index (χ2v) is 8.80. The van der Waals surface area contributed by atoms with Crippen LogP contribution in [0.2, 0.25) is 10.0 Å². The monoisotopic (exact) mass is 457 g/mol. The topological polar surface area (TPSA) is 54.3 Å². The third kappa shape index (κ3) is 3.53. The van der Waals surface area contributed by atoms with Gasteiger partial charge in [-0.3, -0.25) is 4.79 Å². The van der Waals surface area contributed by atoms with Gasteiger partial charge in [0.15, 0.2) is 0 Å². The fourth-order valence-corrected chi connectivity index (χ4v) is 4.96. The molecule has 1 fully saturated rings. The van der Waals surface area contributed by atoms with Crippen LogP contribution in [-0.4, -0.2) is 40.9 Å². The molecule has 1 aliphatic rings. The highest BCUT2D eigenvalue weighted by atomic mass is 35.5. The third-order valence-electron chi connectivity index (χ3n) is 5.16. The molecule has 0 saturated carbocycles. The van der Waals surface area contributed by atoms with Crippen molar-refractivity contribution in [3.05, 3.63) is 75.1 Å². The van der Waals surface area contributed by atoms with Crippen LogP contribution in [0, 0.1) is 0 Å². The van der Waals surface area contributed by atoms with Gasteiger partial charge in [0, 0.05) is 36.9 Å². The summed E-state index contributed by atoms with van der Waals surface area (Å²) in [6.07, 6.45) is 1.66. The predicted octanol–water partition coefficient (Wildman–Crippen LogP) is 4.48. The van der Waals surface area contributed by atoms with E-state index in [0.29, 0.717) is 10.8 Å². The van der Waals surface area contributed by atoms with Gasteiger partial charge in [-0.25, -0.2) is 4.98 Å². The molecule has 0 unspecified atom stereocenters. The predicted molar refractivity (Wildman–Crippen MR) is 124 cm³/mol. The highest BCUT2D eigenvalue weighted by Gasteiger charge is 2.22. The van der Waals surface area contributed by atoms with Gasteiger partial charge < -0.3 is 9.80 Å². The lowest BCUT2D eigenvalue weighted by Gasteiger charge is -2.37. The first kappa shape index (κ1) is 19.4. The number of hydrogen-bond donors (Lipinski definition) is 0. The van der Waals surface area contributed by atoms with Crippen molar-refractivity contribution in [2.24, 2.45) is 0 Å². The van der Waals surface area contributed by atoms with E-state index in [-0.39, 0.29) is 10.6 Å². The van der Waals surface area contributed by atoms with Crippen molar-refractivity contribution in [2.45, 2.75) is 0 Å². The highest BCUT2D eigenvalue weighted by Crippen LogP contribution is 2.27. The summed E-state index contributed by atoms with van der Waals surface area (Å²) in [6, 6.07) is 15.6. The van der Waals surface area contributed by atoms with E-state index in [9.17, 15) is 4.79 Å². The zero-order chi connectivity index (χ0) is 20.7. The molecule has 3 heterocycles. The number of thiazole rings is 1. The van der Waals surface area contributed by atoms with Crippen molar-refractivity contribution in [3.8, 4) is 5.13 Å². The largest absolute Gasteiger partial charge is 0.368 e. The van der Waals surface area contributed by atoms with Gasteiger partial charge in [-0.2, -0.15) is 9.78 Å². The minimum absolute atomic E-state index is 0.167. The van der Waals surface area contributed by atoms with Crippen LogP contribution >= 0.6 is 34.5 Å². The van der Waals surface area contributed by atoms with Gasteiger partial charge in [-0.05, 0) is 30.3 Å². The molecule has 1 aliphatic heterocycles. The van der Waals surface area contributed by atoms with Crippen molar-refractivity contribution in [1.29, 1.82) is 0 Å². The number of piperazine rings is 1. The number of benzene rings is 2. The van der Waals surface area contributed by atoms with Gasteiger partial charge in [0.2, 0.25) is 5.13 Å². The Balaban J connectivity index is 1.38. The van der Waals surface area contributed by atoms with E-state index in [2.05, 4.69) is 25.9 Å². The first-order valence-electron chi connectivity index (χ1n) is 9.49. The molecular formula is C21H17Cl2N5OS. The van der Waals surface area contributed by atoms with Crippen LogP contribution in [-0.2, 0) is 0 Å². The molecule has 0 aliphatic carbocycles. The quantitative estimate of drug-likeness (QED) is 0.453. The summed E-state index contributed by atoms with van der Waals surface area (Å²) in [5, 5.41) is 5.77. The summed E-state index contributed by atoms with van der Waals surface area (Å²) in [5.74, 6) is 0. The highest BCUT2D eigenvalue weighted by molar-refractivity contribution is 7.20. The zero-order valence-electron chi connectivity index (χ0n) is 15.8. The maximum absolute atomic E-state index is 12.9. The van der Waals surface area contributed by atoms with E-state index >= 15 is 0 Å². The van der Waals surface area contributed by atoms with Gasteiger partial charge in [-0.1, -0.05) is 52.7 Å². The van der Waals surface area contributed by atoms with Crippen LogP contribution in [0.25, 0.3) is 15.3 Å². The van der Waals surface area contributed by atoms with E-state index < -0.39 is 0 Å². The molecule has 5 rings (SSSR count). The molecule has 2 aromatic carbocycles. The molecule has 0 radical (unpaired) electrons. The molecule has 0 N–H and O–H groups in total. The Labute approximate surface area is 186 Å². The fourth-order valence-electron chi connectivity index (χ4n) is 3.61. The average molecular weight is 458 g/mol. The SMILES string of the molecule is O=c1c(Cl)c(N2CCN(c3cccc(Cl)c3)CC2)cnn1-c1nc2ccccc2s1. The van der Waals surface area contributed by atoms with Crippen molar-refractivity contribution in [1.82, 2.24) is 14.8 Å². The Morgan fingerprint density at radius 3 is 2.47 bits per heavy atom. The molecular weight excluding hydrogens is 441 g/mol. The Kier molecular flexibility index (Phi) is 5.10. The van der Waals surface area contributed by atoms with Crippen molar-refractivity contribution in [3.63, 3.8) is 0 Å². The standard InChI is InChI=1S/C21H17Cl2N5OS/c22-14-4-3-5-15(12-14)26-8-10-27(11-9-26)17-13-24-28(20(29)19(17)23)21-25-16-6-1-2-7-18(16)30-21/h1-7,12-13H,8-11H2. The Morgan fingerprint density at radius 2 is 1.70 bits per heavy atom. The molecule has 0 spiro atoms. The Bertz CT molecular complexity index is 1250. The number of para-hydroxylation sites is 1. The lowest BCUT2D eigenvalue weighted by Crippen LogP contribution is -2.47. The maximum Gasteiger partial charge on any atom is 0.294 e. The van der Waals surface area contributed by atoms with Gasteiger partial charge in [0.25, 0.3) is 5.56 Å². The minimum atomic E-state index is -0.356. The third-order valence-corrected chi connectivity index (χ3v) is 6.76. The molecule has 1 saturated heterocycles. The summed E-state index contributed by atoms with van der Waals surface area (Å²) >= 11 is 14.0.